The monoisotopic (exact) mass is 288 g/mol. The van der Waals surface area contributed by atoms with Crippen molar-refractivity contribution in [3.05, 3.63) is 12.2 Å². The molecule has 9 nitrogen and oxygen atoms in total. The van der Waals surface area contributed by atoms with Crippen LogP contribution in [-0.2, 0) is 4.74 Å². The van der Waals surface area contributed by atoms with Crippen molar-refractivity contribution in [3.63, 3.8) is 0 Å². The second kappa shape index (κ2) is 6.75. The molecule has 0 bridgehead atoms. The first kappa shape index (κ1) is 16.5. The molecule has 9 heteroatoms. The van der Waals surface area contributed by atoms with E-state index in [0.717, 1.165) is 12.8 Å². The van der Waals surface area contributed by atoms with Gasteiger partial charge in [-0.15, -0.1) is 5.10 Å². The Morgan fingerprint density at radius 3 is 2.55 bits per heavy atom. The number of primary amides is 1. The van der Waals surface area contributed by atoms with Gasteiger partial charge in [-0.05, 0) is 26.7 Å². The predicted molar refractivity (Wildman–Crippen MR) is 67.3 cm³/mol. The van der Waals surface area contributed by atoms with Gasteiger partial charge in [-0.3, -0.25) is 4.79 Å². The molecule has 1 saturated heterocycles. The van der Waals surface area contributed by atoms with Crippen LogP contribution in [0.4, 0.5) is 0 Å². The molecule has 1 amide bonds. The molecular formula is C11H20N4O5. The Morgan fingerprint density at radius 2 is 2.15 bits per heavy atom. The number of aliphatic hydroxyl groups excluding tert-OH is 1. The number of amides is 1. The summed E-state index contributed by atoms with van der Waals surface area (Å²) in [5, 5.41) is 28.9. The molecule has 1 aromatic heterocycles. The largest absolute Gasteiger partial charge is 0.394 e. The van der Waals surface area contributed by atoms with E-state index in [1.54, 1.807) is 0 Å². The van der Waals surface area contributed by atoms with Crippen LogP contribution in [0.3, 0.4) is 0 Å². The van der Waals surface area contributed by atoms with E-state index in [4.69, 9.17) is 25.8 Å². The zero-order valence-electron chi connectivity index (χ0n) is 11.4. The second-order valence-corrected chi connectivity index (χ2v) is 4.88. The van der Waals surface area contributed by atoms with E-state index in [-0.39, 0.29) is 24.8 Å². The minimum atomic E-state index is -1.50. The third-order valence-corrected chi connectivity index (χ3v) is 2.31. The van der Waals surface area contributed by atoms with E-state index in [9.17, 15) is 4.79 Å². The Labute approximate surface area is 116 Å². The van der Waals surface area contributed by atoms with Crippen LogP contribution < -0.4 is 5.73 Å². The summed E-state index contributed by atoms with van der Waals surface area (Å²) in [5.41, 5.74) is 5.02. The molecule has 1 aliphatic rings. The highest BCUT2D eigenvalue weighted by atomic mass is 16.5. The molecule has 2 rings (SSSR count). The summed E-state index contributed by atoms with van der Waals surface area (Å²) in [6.45, 7) is 2.59. The molecule has 1 aliphatic heterocycles. The van der Waals surface area contributed by atoms with Crippen molar-refractivity contribution in [3.8, 4) is 0 Å². The Kier molecular flexibility index (Phi) is 5.57. The molecule has 0 saturated carbocycles. The summed E-state index contributed by atoms with van der Waals surface area (Å²) in [4.78, 5) is 14.5. The van der Waals surface area contributed by atoms with Crippen LogP contribution in [-0.4, -0.2) is 54.5 Å². The minimum Gasteiger partial charge on any atom is -0.394 e. The molecule has 1 aromatic rings. The molecule has 2 unspecified atom stereocenters. The molecule has 0 spiro atoms. The van der Waals surface area contributed by atoms with Crippen molar-refractivity contribution >= 4 is 5.91 Å². The fourth-order valence-electron chi connectivity index (χ4n) is 1.54. The number of aliphatic hydroxyl groups is 3. The maximum atomic E-state index is 10.8. The topological polar surface area (TPSA) is 144 Å². The normalized spacial score (nSPS) is 22.2. The van der Waals surface area contributed by atoms with Crippen molar-refractivity contribution in [1.29, 1.82) is 0 Å². The van der Waals surface area contributed by atoms with E-state index < -0.39 is 11.7 Å². The average Bonchev–Trinajstić information content (AvgIpc) is 2.95. The van der Waals surface area contributed by atoms with Gasteiger partial charge in [0.25, 0.3) is 5.91 Å². The number of ether oxygens (including phenoxy) is 1. The van der Waals surface area contributed by atoms with E-state index in [0.29, 0.717) is 0 Å². The van der Waals surface area contributed by atoms with Gasteiger partial charge in [0.2, 0.25) is 5.82 Å². The lowest BCUT2D eigenvalue weighted by Gasteiger charge is -2.11. The lowest BCUT2D eigenvalue weighted by atomic mass is 10.2. The fourth-order valence-corrected chi connectivity index (χ4v) is 1.54. The third-order valence-electron chi connectivity index (χ3n) is 2.31. The quantitative estimate of drug-likeness (QED) is 0.509. The van der Waals surface area contributed by atoms with Crippen molar-refractivity contribution in [1.82, 2.24) is 14.8 Å². The molecule has 0 aliphatic carbocycles. The van der Waals surface area contributed by atoms with Crippen LogP contribution >= 0.6 is 0 Å². The van der Waals surface area contributed by atoms with Crippen molar-refractivity contribution in [2.75, 3.05) is 6.61 Å². The summed E-state index contributed by atoms with van der Waals surface area (Å²) in [5.74, 6) is -2.18. The smallest absolute Gasteiger partial charge is 0.288 e. The number of carbonyl (C=O) groups is 1. The first-order valence-electron chi connectivity index (χ1n) is 6.12. The Morgan fingerprint density at radius 1 is 1.55 bits per heavy atom. The van der Waals surface area contributed by atoms with Gasteiger partial charge in [0.15, 0.2) is 12.0 Å². The molecular weight excluding hydrogens is 268 g/mol. The number of nitrogens with two attached hydrogens (primary N) is 1. The lowest BCUT2D eigenvalue weighted by Crippen LogP contribution is -2.16. The van der Waals surface area contributed by atoms with Crippen LogP contribution in [0.25, 0.3) is 0 Å². The van der Waals surface area contributed by atoms with Gasteiger partial charge >= 0.3 is 0 Å². The SMILES string of the molecule is CC(C)(O)O.NC(=O)c1ncn(C2CCC(CO)O2)n1. The van der Waals surface area contributed by atoms with Crippen molar-refractivity contribution < 1.29 is 24.9 Å². The highest BCUT2D eigenvalue weighted by molar-refractivity contribution is 5.88. The van der Waals surface area contributed by atoms with Gasteiger partial charge < -0.3 is 25.8 Å². The number of carbonyl (C=O) groups excluding carboxylic acids is 1. The minimum absolute atomic E-state index is 0.00608. The molecule has 1 fully saturated rings. The summed E-state index contributed by atoms with van der Waals surface area (Å²) < 4.78 is 6.90. The molecule has 2 atom stereocenters. The molecule has 0 aromatic carbocycles. The Hall–Kier alpha value is -1.55. The van der Waals surface area contributed by atoms with Crippen LogP contribution in [0, 0.1) is 0 Å². The molecule has 114 valence electrons. The van der Waals surface area contributed by atoms with Gasteiger partial charge in [0.05, 0.1) is 12.7 Å². The molecule has 20 heavy (non-hydrogen) atoms. The fraction of sp³-hybridized carbons (Fsp3) is 0.727. The zero-order valence-corrected chi connectivity index (χ0v) is 11.4. The molecule has 0 radical (unpaired) electrons. The average molecular weight is 288 g/mol. The molecule has 2 heterocycles. The second-order valence-electron chi connectivity index (χ2n) is 4.88. The van der Waals surface area contributed by atoms with Gasteiger partial charge in [-0.1, -0.05) is 0 Å². The summed E-state index contributed by atoms with van der Waals surface area (Å²) >= 11 is 0. The van der Waals surface area contributed by atoms with Crippen molar-refractivity contribution in [2.45, 2.75) is 44.8 Å². The Balaban J connectivity index is 0.000000347. The van der Waals surface area contributed by atoms with Crippen molar-refractivity contribution in [2.24, 2.45) is 5.73 Å². The predicted octanol–water partition coefficient (Wildman–Crippen LogP) is -1.25. The van der Waals surface area contributed by atoms with Crippen LogP contribution in [0.15, 0.2) is 6.33 Å². The Bertz CT molecular complexity index is 436. The van der Waals surface area contributed by atoms with Gasteiger partial charge in [0.1, 0.15) is 6.33 Å². The maximum Gasteiger partial charge on any atom is 0.288 e. The summed E-state index contributed by atoms with van der Waals surface area (Å²) in [6, 6.07) is 0. The third kappa shape index (κ3) is 5.61. The van der Waals surface area contributed by atoms with Crippen LogP contribution in [0.1, 0.15) is 43.5 Å². The number of aromatic nitrogens is 3. The van der Waals surface area contributed by atoms with E-state index in [1.165, 1.54) is 24.9 Å². The van der Waals surface area contributed by atoms with E-state index in [1.807, 2.05) is 0 Å². The van der Waals surface area contributed by atoms with Crippen LogP contribution in [0.5, 0.6) is 0 Å². The number of nitrogens with zero attached hydrogens (tertiary/aromatic N) is 3. The van der Waals surface area contributed by atoms with Gasteiger partial charge in [-0.2, -0.15) is 0 Å². The number of hydrogen-bond donors (Lipinski definition) is 4. The zero-order chi connectivity index (χ0) is 15.3. The first-order valence-corrected chi connectivity index (χ1v) is 6.12. The standard InChI is InChI=1S/C8H12N4O3.C3H8O2/c9-7(14)8-10-4-12(11-8)6-2-1-5(3-13)15-6;1-3(2,4)5/h4-6,13H,1-3H2,(H2,9,14);4-5H,1-2H3. The molecule has 5 N–H and O–H groups in total. The number of rotatable bonds is 3. The lowest BCUT2D eigenvalue weighted by molar-refractivity contribution is -0.127. The van der Waals surface area contributed by atoms with E-state index in [2.05, 4.69) is 10.1 Å². The highest BCUT2D eigenvalue weighted by Crippen LogP contribution is 2.26. The van der Waals surface area contributed by atoms with Gasteiger partial charge in [-0.25, -0.2) is 9.67 Å². The summed E-state index contributed by atoms with van der Waals surface area (Å²) in [7, 11) is 0. The van der Waals surface area contributed by atoms with Gasteiger partial charge in [0, 0.05) is 0 Å². The highest BCUT2D eigenvalue weighted by Gasteiger charge is 2.27. The first-order chi connectivity index (χ1) is 9.20. The van der Waals surface area contributed by atoms with Crippen LogP contribution in [0.2, 0.25) is 0 Å². The summed E-state index contributed by atoms with van der Waals surface area (Å²) in [6.07, 6.45) is 2.50. The maximum absolute atomic E-state index is 10.8. The van der Waals surface area contributed by atoms with E-state index >= 15 is 0 Å². The number of hydrogen-bond acceptors (Lipinski definition) is 7.